The van der Waals surface area contributed by atoms with E-state index in [0.29, 0.717) is 0 Å². The van der Waals surface area contributed by atoms with Crippen LogP contribution in [0.15, 0.2) is 11.6 Å². The van der Waals surface area contributed by atoms with E-state index in [1.54, 1.807) is 5.57 Å². The lowest BCUT2D eigenvalue weighted by atomic mass is 10.3. The fraction of sp³-hybridized carbons (Fsp3) is 0.500. The summed E-state index contributed by atoms with van der Waals surface area (Å²) in [6.07, 6.45) is 8.04. The van der Waals surface area contributed by atoms with Crippen LogP contribution in [0.1, 0.15) is 12.8 Å². The highest BCUT2D eigenvalue weighted by atomic mass is 14.4. The SMILES string of the molecule is [C+]1CC=C2CC12. The predicted molar refractivity (Wildman–Crippen MR) is 24.0 cm³/mol. The second-order valence-electron chi connectivity index (χ2n) is 1.94. The predicted octanol–water partition coefficient (Wildman–Crippen LogP) is 1.42. The van der Waals surface area contributed by atoms with Crippen molar-refractivity contribution in [3.05, 3.63) is 18.1 Å². The molecular weight excluding hydrogens is 72.1 g/mol. The van der Waals surface area contributed by atoms with Crippen LogP contribution in [-0.2, 0) is 0 Å². The summed E-state index contributed by atoms with van der Waals surface area (Å²) in [5.41, 5.74) is 1.63. The highest BCUT2D eigenvalue weighted by Crippen LogP contribution is 2.45. The molecule has 0 saturated heterocycles. The molecule has 0 aromatic heterocycles. The fourth-order valence-corrected chi connectivity index (χ4v) is 0.938. The molecule has 0 aromatic carbocycles. The van der Waals surface area contributed by atoms with E-state index in [4.69, 9.17) is 0 Å². The zero-order valence-electron chi connectivity index (χ0n) is 3.57. The highest BCUT2D eigenvalue weighted by Gasteiger charge is 2.45. The molecule has 6 heavy (non-hydrogen) atoms. The Hall–Kier alpha value is -0.390. The van der Waals surface area contributed by atoms with Gasteiger partial charge in [-0.2, -0.15) is 0 Å². The van der Waals surface area contributed by atoms with Gasteiger partial charge >= 0.3 is 0 Å². The molecule has 1 fully saturated rings. The number of allylic oxidation sites excluding steroid dienone is 2. The van der Waals surface area contributed by atoms with E-state index < -0.39 is 0 Å². The van der Waals surface area contributed by atoms with Crippen molar-refractivity contribution in [1.29, 1.82) is 0 Å². The Labute approximate surface area is 37.9 Å². The van der Waals surface area contributed by atoms with Crippen LogP contribution in [0.3, 0.4) is 0 Å². The van der Waals surface area contributed by atoms with Crippen LogP contribution >= 0.6 is 0 Å². The average molecular weight is 78.1 g/mol. The minimum absolute atomic E-state index is 0.824. The molecule has 1 saturated carbocycles. The van der Waals surface area contributed by atoms with Crippen molar-refractivity contribution in [2.75, 3.05) is 0 Å². The number of hydrogen-bond acceptors (Lipinski definition) is 0. The van der Waals surface area contributed by atoms with Gasteiger partial charge in [0.25, 0.3) is 6.42 Å². The third-order valence-corrected chi connectivity index (χ3v) is 1.46. The van der Waals surface area contributed by atoms with E-state index in [2.05, 4.69) is 12.5 Å². The van der Waals surface area contributed by atoms with Gasteiger partial charge in [-0.15, -0.1) is 0 Å². The molecule has 0 heteroatoms. The maximum atomic E-state index is 3.30. The largest absolute Gasteiger partial charge is 0.285 e. The Bertz CT molecular complexity index is 101. The first-order chi connectivity index (χ1) is 2.97. The first kappa shape index (κ1) is 2.73. The summed E-state index contributed by atoms with van der Waals surface area (Å²) in [6, 6.07) is 0. The first-order valence-electron chi connectivity index (χ1n) is 2.39. The van der Waals surface area contributed by atoms with Crippen LogP contribution in [0.5, 0.6) is 0 Å². The molecule has 1 radical (unpaired) electrons. The summed E-state index contributed by atoms with van der Waals surface area (Å²) in [5.74, 6) is 0.824. The van der Waals surface area contributed by atoms with Crippen LogP contribution in [0.2, 0.25) is 0 Å². The molecule has 0 N–H and O–H groups in total. The van der Waals surface area contributed by atoms with Gasteiger partial charge in [0.15, 0.2) is 12.3 Å². The molecule has 0 amide bonds. The zero-order chi connectivity index (χ0) is 3.98. The van der Waals surface area contributed by atoms with Gasteiger partial charge in [-0.3, -0.25) is 0 Å². The molecule has 2 rings (SSSR count). The van der Waals surface area contributed by atoms with E-state index >= 15 is 0 Å². The van der Waals surface area contributed by atoms with E-state index in [1.807, 2.05) is 0 Å². The van der Waals surface area contributed by atoms with Crippen molar-refractivity contribution in [2.45, 2.75) is 12.8 Å². The molecule has 0 bridgehead atoms. The normalized spacial score (nSPS) is 37.3. The number of rotatable bonds is 0. The molecule has 29 valence electrons. The summed E-state index contributed by atoms with van der Waals surface area (Å²) in [6.45, 7) is 0. The Morgan fingerprint density at radius 2 is 2.83 bits per heavy atom. The molecule has 2 aliphatic rings. The van der Waals surface area contributed by atoms with Gasteiger partial charge in [-0.05, 0) is 11.6 Å². The van der Waals surface area contributed by atoms with Gasteiger partial charge in [-0.1, -0.05) is 0 Å². The highest BCUT2D eigenvalue weighted by molar-refractivity contribution is 5.33. The van der Waals surface area contributed by atoms with E-state index in [-0.39, 0.29) is 0 Å². The summed E-state index contributed by atoms with van der Waals surface area (Å²) in [7, 11) is 0. The minimum atomic E-state index is 0.824. The molecule has 0 spiro atoms. The molecule has 0 aromatic rings. The van der Waals surface area contributed by atoms with Gasteiger partial charge in [0.05, 0.1) is 0 Å². The number of hydrogen-bond donors (Lipinski definition) is 0. The lowest BCUT2D eigenvalue weighted by Crippen LogP contribution is -1.65. The van der Waals surface area contributed by atoms with E-state index in [9.17, 15) is 0 Å². The van der Waals surface area contributed by atoms with Crippen LogP contribution in [0.4, 0.5) is 0 Å². The third kappa shape index (κ3) is 0.182. The van der Waals surface area contributed by atoms with Gasteiger partial charge < -0.3 is 0 Å². The third-order valence-electron chi connectivity index (χ3n) is 1.46. The molecule has 2 aliphatic carbocycles. The maximum absolute atomic E-state index is 3.30. The Morgan fingerprint density at radius 3 is 3.00 bits per heavy atom. The smallest absolute Gasteiger partial charge is 0.0315 e. The lowest BCUT2D eigenvalue weighted by molar-refractivity contribution is 1.00. The maximum Gasteiger partial charge on any atom is 0.285 e. The zero-order valence-corrected chi connectivity index (χ0v) is 3.57. The van der Waals surface area contributed by atoms with Crippen molar-refractivity contribution >= 4 is 0 Å². The summed E-state index contributed by atoms with van der Waals surface area (Å²) < 4.78 is 0. The molecular formula is C6H6+. The van der Waals surface area contributed by atoms with Crippen LogP contribution in [0.25, 0.3) is 0 Å². The second kappa shape index (κ2) is 0.651. The first-order valence-corrected chi connectivity index (χ1v) is 2.39. The Balaban J connectivity index is 2.35. The quantitative estimate of drug-likeness (QED) is 0.303. The van der Waals surface area contributed by atoms with Gasteiger partial charge in [0.2, 0.25) is 0 Å². The lowest BCUT2D eigenvalue weighted by Gasteiger charge is -1.57. The average Bonchev–Trinajstić information content (AvgIpc) is 2.17. The van der Waals surface area contributed by atoms with Crippen molar-refractivity contribution < 1.29 is 0 Å². The molecule has 0 nitrogen and oxygen atoms in total. The van der Waals surface area contributed by atoms with E-state index in [1.165, 1.54) is 6.42 Å². The van der Waals surface area contributed by atoms with Crippen molar-refractivity contribution in [3.63, 3.8) is 0 Å². The van der Waals surface area contributed by atoms with E-state index in [0.717, 1.165) is 12.3 Å². The molecule has 1 atom stereocenters. The monoisotopic (exact) mass is 78.0 g/mol. The van der Waals surface area contributed by atoms with Crippen molar-refractivity contribution in [1.82, 2.24) is 0 Å². The minimum Gasteiger partial charge on any atom is -0.0315 e. The molecule has 0 aliphatic heterocycles. The summed E-state index contributed by atoms with van der Waals surface area (Å²) in [5, 5.41) is 0. The molecule has 1 unspecified atom stereocenters. The van der Waals surface area contributed by atoms with Crippen LogP contribution in [-0.4, -0.2) is 0 Å². The topological polar surface area (TPSA) is 0 Å². The van der Waals surface area contributed by atoms with Crippen LogP contribution < -0.4 is 0 Å². The number of fused-ring (bicyclic) bond motifs is 1. The van der Waals surface area contributed by atoms with Gasteiger partial charge in [0.1, 0.15) is 0 Å². The second-order valence-corrected chi connectivity index (χ2v) is 1.94. The summed E-state index contributed by atoms with van der Waals surface area (Å²) in [4.78, 5) is 0. The van der Waals surface area contributed by atoms with Crippen molar-refractivity contribution in [3.8, 4) is 0 Å². The van der Waals surface area contributed by atoms with Gasteiger partial charge in [-0.25, -0.2) is 0 Å². The van der Waals surface area contributed by atoms with Crippen molar-refractivity contribution in [2.24, 2.45) is 5.92 Å². The van der Waals surface area contributed by atoms with Gasteiger partial charge in [0, 0.05) is 6.42 Å². The van der Waals surface area contributed by atoms with Crippen LogP contribution in [0, 0.1) is 12.3 Å². The standard InChI is InChI=1S/C6H6/c1-2-5-4-6(5)3-1/h2,6H,1,4H2/q+1. The fourth-order valence-electron chi connectivity index (χ4n) is 0.938. The Kier molecular flexibility index (Phi) is 0.296. The molecule has 0 heterocycles. The Morgan fingerprint density at radius 1 is 1.83 bits per heavy atom. The summed E-state index contributed by atoms with van der Waals surface area (Å²) >= 11 is 0.